The number of Topliss-reactive ketones (excluding diaryl/α,β-unsaturated/α-hetero) is 1. The van der Waals surface area contributed by atoms with Crippen molar-refractivity contribution < 1.29 is 9.53 Å². The van der Waals surface area contributed by atoms with Crippen molar-refractivity contribution in [2.75, 3.05) is 0 Å². The molecule has 1 heterocycles. The van der Waals surface area contributed by atoms with E-state index < -0.39 is 0 Å². The number of carbonyl (C=O) groups is 1. The quantitative estimate of drug-likeness (QED) is 0.413. The molecule has 0 saturated carbocycles. The summed E-state index contributed by atoms with van der Waals surface area (Å²) in [6, 6.07) is 18.1. The Morgan fingerprint density at radius 1 is 1.03 bits per heavy atom. The molecule has 0 saturated heterocycles. The highest BCUT2D eigenvalue weighted by Gasteiger charge is 2.27. The lowest BCUT2D eigenvalue weighted by Crippen LogP contribution is -2.22. The Kier molecular flexibility index (Phi) is 6.24. The van der Waals surface area contributed by atoms with Crippen LogP contribution in [0.4, 0.5) is 0 Å². The van der Waals surface area contributed by atoms with Gasteiger partial charge in [-0.15, -0.1) is 0 Å². The Morgan fingerprint density at radius 3 is 2.83 bits per heavy atom. The van der Waals surface area contributed by atoms with E-state index >= 15 is 0 Å². The van der Waals surface area contributed by atoms with Crippen molar-refractivity contribution in [2.45, 2.75) is 58.5 Å². The lowest BCUT2D eigenvalue weighted by molar-refractivity contribution is 0.0892. The van der Waals surface area contributed by atoms with E-state index in [9.17, 15) is 4.79 Å². The van der Waals surface area contributed by atoms with Crippen molar-refractivity contribution in [1.82, 2.24) is 4.98 Å². The number of benzene rings is 2. The maximum absolute atomic E-state index is 13.0. The standard InChI is InChI=1S/C26H29NO2/c1-2-3-4-5-9-21-12-11-19-14-16-23(17-24(19)26(21)28)29-18-22-15-13-20-8-6-7-10-25(20)27-22/h6-8,10,13-17,21H,2-5,9,11-12,18H2,1H3. The first-order valence-electron chi connectivity index (χ1n) is 10.9. The van der Waals surface area contributed by atoms with Crippen LogP contribution in [-0.2, 0) is 13.0 Å². The molecule has 2 aromatic carbocycles. The van der Waals surface area contributed by atoms with Gasteiger partial charge in [0.25, 0.3) is 0 Å². The number of pyridine rings is 1. The number of rotatable bonds is 8. The molecular formula is C26H29NO2. The molecule has 0 amide bonds. The summed E-state index contributed by atoms with van der Waals surface area (Å²) in [7, 11) is 0. The minimum absolute atomic E-state index is 0.178. The zero-order valence-corrected chi connectivity index (χ0v) is 17.2. The van der Waals surface area contributed by atoms with Crippen LogP contribution in [0, 0.1) is 5.92 Å². The van der Waals surface area contributed by atoms with E-state index in [1.807, 2.05) is 36.4 Å². The second-order valence-electron chi connectivity index (χ2n) is 8.05. The highest BCUT2D eigenvalue weighted by Crippen LogP contribution is 2.31. The average molecular weight is 388 g/mol. The van der Waals surface area contributed by atoms with Gasteiger partial charge in [-0.25, -0.2) is 4.98 Å². The summed E-state index contributed by atoms with van der Waals surface area (Å²) in [6.07, 6.45) is 7.88. The fraction of sp³-hybridized carbons (Fsp3) is 0.385. The normalized spacial score (nSPS) is 16.0. The molecule has 0 spiro atoms. The molecule has 0 fully saturated rings. The summed E-state index contributed by atoms with van der Waals surface area (Å²) in [5.74, 6) is 1.23. The number of fused-ring (bicyclic) bond motifs is 2. The van der Waals surface area contributed by atoms with Crippen LogP contribution in [0.15, 0.2) is 54.6 Å². The van der Waals surface area contributed by atoms with Crippen LogP contribution in [0.25, 0.3) is 10.9 Å². The minimum atomic E-state index is 0.178. The summed E-state index contributed by atoms with van der Waals surface area (Å²) >= 11 is 0. The second-order valence-corrected chi connectivity index (χ2v) is 8.05. The maximum Gasteiger partial charge on any atom is 0.166 e. The summed E-state index contributed by atoms with van der Waals surface area (Å²) in [4.78, 5) is 17.6. The SMILES string of the molecule is CCCCCCC1CCc2ccc(OCc3ccc4ccccc4n3)cc2C1=O. The third kappa shape index (κ3) is 4.67. The molecular weight excluding hydrogens is 358 g/mol. The largest absolute Gasteiger partial charge is 0.487 e. The number of hydrogen-bond donors (Lipinski definition) is 0. The zero-order chi connectivity index (χ0) is 20.1. The van der Waals surface area contributed by atoms with E-state index in [0.717, 1.165) is 59.2 Å². The summed E-state index contributed by atoms with van der Waals surface area (Å²) < 4.78 is 5.99. The first-order valence-corrected chi connectivity index (χ1v) is 10.9. The highest BCUT2D eigenvalue weighted by atomic mass is 16.5. The summed E-state index contributed by atoms with van der Waals surface area (Å²) in [5.41, 5.74) is 3.89. The van der Waals surface area contributed by atoms with Crippen LogP contribution >= 0.6 is 0 Å². The molecule has 1 aliphatic rings. The molecule has 29 heavy (non-hydrogen) atoms. The second kappa shape index (κ2) is 9.21. The van der Waals surface area contributed by atoms with Crippen LogP contribution in [0.5, 0.6) is 5.75 Å². The van der Waals surface area contributed by atoms with Gasteiger partial charge in [-0.1, -0.05) is 62.9 Å². The summed E-state index contributed by atoms with van der Waals surface area (Å²) in [5, 5.41) is 1.13. The van der Waals surface area contributed by atoms with Crippen LogP contribution < -0.4 is 4.74 Å². The molecule has 4 rings (SSSR count). The first-order chi connectivity index (χ1) is 14.2. The number of ether oxygens (including phenoxy) is 1. The lowest BCUT2D eigenvalue weighted by Gasteiger charge is -2.24. The number of aromatic nitrogens is 1. The molecule has 3 nitrogen and oxygen atoms in total. The number of para-hydroxylation sites is 1. The molecule has 1 aliphatic carbocycles. The predicted octanol–water partition coefficient (Wildman–Crippen LogP) is 6.53. The van der Waals surface area contributed by atoms with Gasteiger partial charge < -0.3 is 4.74 Å². The third-order valence-corrected chi connectivity index (χ3v) is 5.93. The number of ketones is 1. The molecule has 150 valence electrons. The summed E-state index contributed by atoms with van der Waals surface area (Å²) in [6.45, 7) is 2.62. The number of hydrogen-bond acceptors (Lipinski definition) is 3. The van der Waals surface area contributed by atoms with E-state index in [0.29, 0.717) is 12.4 Å². The third-order valence-electron chi connectivity index (χ3n) is 5.93. The van der Waals surface area contributed by atoms with Gasteiger partial charge in [-0.3, -0.25) is 4.79 Å². The molecule has 1 atom stereocenters. The molecule has 0 bridgehead atoms. The lowest BCUT2D eigenvalue weighted by atomic mass is 9.80. The molecule has 3 aromatic rings. The zero-order valence-electron chi connectivity index (χ0n) is 17.2. The van der Waals surface area contributed by atoms with Crippen LogP contribution in [0.2, 0.25) is 0 Å². The fourth-order valence-electron chi connectivity index (χ4n) is 4.21. The topological polar surface area (TPSA) is 39.2 Å². The van der Waals surface area contributed by atoms with Crippen LogP contribution in [0.1, 0.15) is 67.1 Å². The fourth-order valence-corrected chi connectivity index (χ4v) is 4.21. The van der Waals surface area contributed by atoms with E-state index in [1.165, 1.54) is 19.3 Å². The van der Waals surface area contributed by atoms with Crippen molar-refractivity contribution in [1.29, 1.82) is 0 Å². The number of carbonyl (C=O) groups excluding carboxylic acids is 1. The van der Waals surface area contributed by atoms with Crippen molar-refractivity contribution >= 4 is 16.7 Å². The molecule has 3 heteroatoms. The monoisotopic (exact) mass is 387 g/mol. The van der Waals surface area contributed by atoms with Gasteiger partial charge >= 0.3 is 0 Å². The van der Waals surface area contributed by atoms with Crippen LogP contribution in [-0.4, -0.2) is 10.8 Å². The number of aryl methyl sites for hydroxylation is 1. The van der Waals surface area contributed by atoms with Gasteiger partial charge in [-0.2, -0.15) is 0 Å². The van der Waals surface area contributed by atoms with Gasteiger partial charge in [0.2, 0.25) is 0 Å². The van der Waals surface area contributed by atoms with Gasteiger partial charge in [0.05, 0.1) is 11.2 Å². The average Bonchev–Trinajstić information content (AvgIpc) is 2.76. The van der Waals surface area contributed by atoms with Crippen LogP contribution in [0.3, 0.4) is 0 Å². The maximum atomic E-state index is 13.0. The van der Waals surface area contributed by atoms with Gasteiger partial charge in [0.1, 0.15) is 12.4 Å². The number of nitrogens with zero attached hydrogens (tertiary/aromatic N) is 1. The molecule has 1 aromatic heterocycles. The molecule has 0 radical (unpaired) electrons. The first kappa shape index (κ1) is 19.6. The highest BCUT2D eigenvalue weighted by molar-refractivity contribution is 6.00. The van der Waals surface area contributed by atoms with Crippen molar-refractivity contribution in [3.05, 3.63) is 71.4 Å². The molecule has 0 aliphatic heterocycles. The van der Waals surface area contributed by atoms with Crippen molar-refractivity contribution in [3.8, 4) is 5.75 Å². The smallest absolute Gasteiger partial charge is 0.166 e. The Balaban J connectivity index is 1.42. The van der Waals surface area contributed by atoms with Gasteiger partial charge in [-0.05, 0) is 49.1 Å². The minimum Gasteiger partial charge on any atom is -0.487 e. The Labute approximate surface area is 173 Å². The van der Waals surface area contributed by atoms with Crippen molar-refractivity contribution in [2.24, 2.45) is 5.92 Å². The van der Waals surface area contributed by atoms with Gasteiger partial charge in [0.15, 0.2) is 5.78 Å². The van der Waals surface area contributed by atoms with E-state index in [2.05, 4.69) is 30.1 Å². The van der Waals surface area contributed by atoms with E-state index in [-0.39, 0.29) is 5.92 Å². The molecule has 0 N–H and O–H groups in total. The van der Waals surface area contributed by atoms with E-state index in [1.54, 1.807) is 0 Å². The molecule has 1 unspecified atom stereocenters. The Bertz CT molecular complexity index is 995. The van der Waals surface area contributed by atoms with Crippen molar-refractivity contribution in [3.63, 3.8) is 0 Å². The Morgan fingerprint density at radius 2 is 1.93 bits per heavy atom. The number of unbranched alkanes of at least 4 members (excludes halogenated alkanes) is 3. The Hall–Kier alpha value is -2.68. The van der Waals surface area contributed by atoms with Gasteiger partial charge in [0, 0.05) is 16.9 Å². The van der Waals surface area contributed by atoms with E-state index in [4.69, 9.17) is 4.74 Å². The predicted molar refractivity (Wildman–Crippen MR) is 117 cm³/mol.